The van der Waals surface area contributed by atoms with E-state index in [-0.39, 0.29) is 11.5 Å². The highest BCUT2D eigenvalue weighted by Crippen LogP contribution is 2.29. The largest absolute Gasteiger partial charge is 0.504 e. The highest BCUT2D eigenvalue weighted by Gasteiger charge is 2.11. The molecule has 24 heavy (non-hydrogen) atoms. The molecule has 126 valence electrons. The number of ketones is 1. The van der Waals surface area contributed by atoms with Crippen LogP contribution in [0.25, 0.3) is 5.57 Å². The molecular formula is C20H22O4. The molecule has 0 unspecified atom stereocenters. The number of methoxy groups -OCH3 is 2. The summed E-state index contributed by atoms with van der Waals surface area (Å²) in [5.74, 6) is 1.04. The van der Waals surface area contributed by atoms with Gasteiger partial charge in [-0.3, -0.25) is 4.79 Å². The molecule has 0 atom stereocenters. The Hall–Kier alpha value is -2.75. The van der Waals surface area contributed by atoms with Crippen molar-refractivity contribution in [2.24, 2.45) is 0 Å². The van der Waals surface area contributed by atoms with Crippen LogP contribution in [0.4, 0.5) is 0 Å². The van der Waals surface area contributed by atoms with Gasteiger partial charge in [0.25, 0.3) is 0 Å². The lowest BCUT2D eigenvalue weighted by atomic mass is 9.99. The summed E-state index contributed by atoms with van der Waals surface area (Å²) in [7, 11) is 3.09. The van der Waals surface area contributed by atoms with Gasteiger partial charge in [-0.25, -0.2) is 0 Å². The lowest BCUT2D eigenvalue weighted by Gasteiger charge is -2.10. The van der Waals surface area contributed by atoms with Gasteiger partial charge in [-0.15, -0.1) is 0 Å². The summed E-state index contributed by atoms with van der Waals surface area (Å²) in [6, 6.07) is 8.67. The van der Waals surface area contributed by atoms with Gasteiger partial charge in [-0.1, -0.05) is 6.07 Å². The summed E-state index contributed by atoms with van der Waals surface area (Å²) in [5, 5.41) is 9.87. The van der Waals surface area contributed by atoms with Crippen LogP contribution in [0, 0.1) is 13.8 Å². The molecule has 0 spiro atoms. The van der Waals surface area contributed by atoms with E-state index in [1.807, 2.05) is 26.8 Å². The third kappa shape index (κ3) is 3.59. The smallest absolute Gasteiger partial charge is 0.186 e. The minimum absolute atomic E-state index is 0.0445. The molecule has 4 nitrogen and oxygen atoms in total. The summed E-state index contributed by atoms with van der Waals surface area (Å²) in [5.41, 5.74) is 4.13. The van der Waals surface area contributed by atoms with Gasteiger partial charge in [0.15, 0.2) is 17.3 Å². The zero-order chi connectivity index (χ0) is 17.9. The van der Waals surface area contributed by atoms with E-state index in [0.29, 0.717) is 17.1 Å². The molecule has 2 rings (SSSR count). The van der Waals surface area contributed by atoms with Crippen molar-refractivity contribution in [3.8, 4) is 17.2 Å². The van der Waals surface area contributed by atoms with Gasteiger partial charge in [0.1, 0.15) is 5.75 Å². The number of carbonyl (C=O) groups is 1. The van der Waals surface area contributed by atoms with E-state index in [4.69, 9.17) is 9.47 Å². The van der Waals surface area contributed by atoms with Crippen molar-refractivity contribution in [2.45, 2.75) is 20.8 Å². The van der Waals surface area contributed by atoms with Crippen LogP contribution < -0.4 is 9.47 Å². The van der Waals surface area contributed by atoms with Crippen molar-refractivity contribution in [2.75, 3.05) is 14.2 Å². The molecule has 0 aliphatic heterocycles. The maximum atomic E-state index is 12.5. The minimum atomic E-state index is -0.107. The van der Waals surface area contributed by atoms with E-state index >= 15 is 0 Å². The quantitative estimate of drug-likeness (QED) is 0.657. The summed E-state index contributed by atoms with van der Waals surface area (Å²) < 4.78 is 10.4. The molecule has 0 saturated carbocycles. The molecule has 2 aromatic rings. The Kier molecular flexibility index (Phi) is 5.29. The molecule has 0 aromatic heterocycles. The molecule has 0 bridgehead atoms. The van der Waals surface area contributed by atoms with Gasteiger partial charge in [0, 0.05) is 5.56 Å². The second-order valence-corrected chi connectivity index (χ2v) is 5.70. The summed E-state index contributed by atoms with van der Waals surface area (Å²) >= 11 is 0. The van der Waals surface area contributed by atoms with Crippen molar-refractivity contribution in [3.05, 3.63) is 58.7 Å². The summed E-state index contributed by atoms with van der Waals surface area (Å²) in [6.45, 7) is 5.74. The van der Waals surface area contributed by atoms with Gasteiger partial charge in [0.05, 0.1) is 14.2 Å². The highest BCUT2D eigenvalue weighted by molar-refractivity contribution is 6.08. The fourth-order valence-corrected chi connectivity index (χ4v) is 2.48. The SMILES string of the molecule is COc1ccc(/C(C)=C/C(=O)c2cc(C)c(C)c(OC)c2)cc1O. The summed E-state index contributed by atoms with van der Waals surface area (Å²) in [6.07, 6.45) is 1.56. The minimum Gasteiger partial charge on any atom is -0.504 e. The molecule has 4 heteroatoms. The second-order valence-electron chi connectivity index (χ2n) is 5.70. The fourth-order valence-electron chi connectivity index (χ4n) is 2.48. The number of phenols is 1. The number of hydrogen-bond donors (Lipinski definition) is 1. The average molecular weight is 326 g/mol. The Morgan fingerprint density at radius 2 is 1.67 bits per heavy atom. The van der Waals surface area contributed by atoms with Gasteiger partial charge in [-0.05, 0) is 73.4 Å². The topological polar surface area (TPSA) is 55.8 Å². The van der Waals surface area contributed by atoms with Crippen LogP contribution in [0.1, 0.15) is 34.0 Å². The number of aryl methyl sites for hydroxylation is 1. The molecule has 1 N–H and O–H groups in total. The maximum Gasteiger partial charge on any atom is 0.186 e. The first-order chi connectivity index (χ1) is 11.4. The summed E-state index contributed by atoms with van der Waals surface area (Å²) in [4.78, 5) is 12.5. The number of ether oxygens (including phenoxy) is 2. The van der Waals surface area contributed by atoms with Gasteiger partial charge in [0.2, 0.25) is 0 Å². The van der Waals surface area contributed by atoms with E-state index in [1.165, 1.54) is 7.11 Å². The number of benzene rings is 2. The third-order valence-electron chi connectivity index (χ3n) is 4.11. The van der Waals surface area contributed by atoms with E-state index in [0.717, 1.165) is 22.3 Å². The Morgan fingerprint density at radius 3 is 2.25 bits per heavy atom. The molecule has 0 radical (unpaired) electrons. The number of aromatic hydroxyl groups is 1. The normalized spacial score (nSPS) is 11.3. The van der Waals surface area contributed by atoms with E-state index < -0.39 is 0 Å². The van der Waals surface area contributed by atoms with Crippen LogP contribution in [0.15, 0.2) is 36.4 Å². The molecule has 0 saturated heterocycles. The molecule has 0 amide bonds. The molecule has 2 aromatic carbocycles. The Bertz CT molecular complexity index is 804. The van der Waals surface area contributed by atoms with Crippen LogP contribution in [0.2, 0.25) is 0 Å². The molecule has 0 aliphatic carbocycles. The highest BCUT2D eigenvalue weighted by atomic mass is 16.5. The number of rotatable bonds is 5. The van der Waals surface area contributed by atoms with Crippen molar-refractivity contribution in [3.63, 3.8) is 0 Å². The monoisotopic (exact) mass is 326 g/mol. The van der Waals surface area contributed by atoms with Crippen LogP contribution >= 0.6 is 0 Å². The lowest BCUT2D eigenvalue weighted by Crippen LogP contribution is -2.00. The Morgan fingerprint density at radius 1 is 1.00 bits per heavy atom. The van der Waals surface area contributed by atoms with Crippen LogP contribution in [-0.4, -0.2) is 25.1 Å². The van der Waals surface area contributed by atoms with Crippen molar-refractivity contribution >= 4 is 11.4 Å². The number of carbonyl (C=O) groups excluding carboxylic acids is 1. The average Bonchev–Trinajstić information content (AvgIpc) is 2.56. The molecule has 0 fully saturated rings. The van der Waals surface area contributed by atoms with Crippen LogP contribution in [0.5, 0.6) is 17.2 Å². The van der Waals surface area contributed by atoms with E-state index in [9.17, 15) is 9.90 Å². The van der Waals surface area contributed by atoms with E-state index in [2.05, 4.69) is 0 Å². The molecular weight excluding hydrogens is 304 g/mol. The predicted octanol–water partition coefficient (Wildman–Crippen LogP) is 4.31. The fraction of sp³-hybridized carbons (Fsp3) is 0.250. The van der Waals surface area contributed by atoms with Crippen LogP contribution in [0.3, 0.4) is 0 Å². The van der Waals surface area contributed by atoms with Crippen molar-refractivity contribution in [1.29, 1.82) is 0 Å². The standard InChI is InChI=1S/C20H22O4/c1-12-8-16(11-20(24-5)14(12)3)17(21)9-13(2)15-6-7-19(23-4)18(22)10-15/h6-11,22H,1-5H3/b13-9+. The van der Waals surface area contributed by atoms with Gasteiger partial charge >= 0.3 is 0 Å². The Balaban J connectivity index is 2.35. The lowest BCUT2D eigenvalue weighted by molar-refractivity contribution is 0.104. The first-order valence-corrected chi connectivity index (χ1v) is 7.62. The number of phenolic OH excluding ortho intramolecular Hbond substituents is 1. The van der Waals surface area contributed by atoms with Gasteiger partial charge < -0.3 is 14.6 Å². The molecule has 0 heterocycles. The van der Waals surface area contributed by atoms with Crippen molar-refractivity contribution < 1.29 is 19.4 Å². The molecule has 0 aliphatic rings. The third-order valence-corrected chi connectivity index (χ3v) is 4.11. The van der Waals surface area contributed by atoms with Crippen LogP contribution in [-0.2, 0) is 0 Å². The van der Waals surface area contributed by atoms with Crippen molar-refractivity contribution in [1.82, 2.24) is 0 Å². The zero-order valence-corrected chi connectivity index (χ0v) is 14.6. The van der Waals surface area contributed by atoms with E-state index in [1.54, 1.807) is 37.5 Å². The zero-order valence-electron chi connectivity index (χ0n) is 14.6. The first-order valence-electron chi connectivity index (χ1n) is 7.62. The maximum absolute atomic E-state index is 12.5. The number of hydrogen-bond acceptors (Lipinski definition) is 4. The predicted molar refractivity (Wildman–Crippen MR) is 95.1 cm³/mol. The second kappa shape index (κ2) is 7.21. The number of allylic oxidation sites excluding steroid dienone is 2. The first kappa shape index (κ1) is 17.6. The van der Waals surface area contributed by atoms with Gasteiger partial charge in [-0.2, -0.15) is 0 Å². The Labute approximate surface area is 142 Å².